The molecule has 0 spiro atoms. The van der Waals surface area contributed by atoms with Gasteiger partial charge in [0.25, 0.3) is 0 Å². The van der Waals surface area contributed by atoms with Gasteiger partial charge in [0, 0.05) is 19.7 Å². The van der Waals surface area contributed by atoms with Crippen LogP contribution in [0.3, 0.4) is 0 Å². The molecule has 0 radical (unpaired) electrons. The molecule has 1 aromatic carbocycles. The number of esters is 1. The molecule has 14 heavy (non-hydrogen) atoms. The van der Waals surface area contributed by atoms with Crippen molar-refractivity contribution in [2.24, 2.45) is 0 Å². The number of carbonyl (C=O) groups excluding carboxylic acids is 1. The lowest BCUT2D eigenvalue weighted by atomic mass is 10.3. The number of rotatable bonds is 3. The van der Waals surface area contributed by atoms with Crippen LogP contribution in [0.2, 0.25) is 0 Å². The molecule has 0 bridgehead atoms. The van der Waals surface area contributed by atoms with Crippen LogP contribution in [0.25, 0.3) is 0 Å². The SMILES string of the molecule is C=CN(C)c1ccc(OC(C)=O)cc1. The number of hydrogen-bond acceptors (Lipinski definition) is 3. The van der Waals surface area contributed by atoms with Gasteiger partial charge in [-0.1, -0.05) is 6.58 Å². The molecule has 0 aliphatic heterocycles. The van der Waals surface area contributed by atoms with Crippen molar-refractivity contribution in [2.75, 3.05) is 11.9 Å². The zero-order valence-electron chi connectivity index (χ0n) is 8.36. The summed E-state index contributed by atoms with van der Waals surface area (Å²) in [6.45, 7) is 5.03. The van der Waals surface area contributed by atoms with Gasteiger partial charge in [0.05, 0.1) is 0 Å². The zero-order chi connectivity index (χ0) is 10.6. The normalized spacial score (nSPS) is 9.29. The summed E-state index contributed by atoms with van der Waals surface area (Å²) in [5.74, 6) is 0.244. The number of hydrogen-bond donors (Lipinski definition) is 0. The molecule has 3 heteroatoms. The Balaban J connectivity index is 2.78. The van der Waals surface area contributed by atoms with Crippen LogP contribution in [0.1, 0.15) is 6.92 Å². The molecular weight excluding hydrogens is 178 g/mol. The van der Waals surface area contributed by atoms with Gasteiger partial charge in [-0.3, -0.25) is 4.79 Å². The van der Waals surface area contributed by atoms with E-state index < -0.39 is 0 Å². The standard InChI is InChI=1S/C11H13NO2/c1-4-12(3)10-5-7-11(8-6-10)14-9(2)13/h4-8H,1H2,2-3H3. The van der Waals surface area contributed by atoms with Crippen molar-refractivity contribution in [3.63, 3.8) is 0 Å². The third kappa shape index (κ3) is 2.62. The summed E-state index contributed by atoms with van der Waals surface area (Å²) < 4.78 is 4.90. The van der Waals surface area contributed by atoms with Gasteiger partial charge in [-0.2, -0.15) is 0 Å². The molecule has 0 aliphatic rings. The van der Waals surface area contributed by atoms with E-state index in [1.807, 2.05) is 24.1 Å². The predicted octanol–water partition coefficient (Wildman–Crippen LogP) is 2.19. The van der Waals surface area contributed by atoms with Gasteiger partial charge < -0.3 is 9.64 Å². The quantitative estimate of drug-likeness (QED) is 0.541. The zero-order valence-corrected chi connectivity index (χ0v) is 8.36. The molecule has 0 N–H and O–H groups in total. The van der Waals surface area contributed by atoms with Gasteiger partial charge in [0.15, 0.2) is 0 Å². The van der Waals surface area contributed by atoms with Gasteiger partial charge >= 0.3 is 5.97 Å². The first-order valence-corrected chi connectivity index (χ1v) is 4.27. The maximum atomic E-state index is 10.6. The van der Waals surface area contributed by atoms with Crippen LogP contribution in [-0.4, -0.2) is 13.0 Å². The van der Waals surface area contributed by atoms with E-state index in [0.717, 1.165) is 5.69 Å². The number of anilines is 1. The molecule has 0 amide bonds. The van der Waals surface area contributed by atoms with Crippen molar-refractivity contribution in [2.45, 2.75) is 6.92 Å². The Bertz CT molecular complexity index is 330. The fourth-order valence-electron chi connectivity index (χ4n) is 1.02. The highest BCUT2D eigenvalue weighted by atomic mass is 16.5. The topological polar surface area (TPSA) is 29.5 Å². The molecule has 74 valence electrons. The molecule has 0 aliphatic carbocycles. The van der Waals surface area contributed by atoms with E-state index in [4.69, 9.17) is 4.74 Å². The van der Waals surface area contributed by atoms with E-state index in [0.29, 0.717) is 5.75 Å². The summed E-state index contributed by atoms with van der Waals surface area (Å²) in [7, 11) is 1.90. The van der Waals surface area contributed by atoms with Gasteiger partial charge in [0.1, 0.15) is 5.75 Å². The molecular formula is C11H13NO2. The van der Waals surface area contributed by atoms with Crippen LogP contribution in [0, 0.1) is 0 Å². The summed E-state index contributed by atoms with van der Waals surface area (Å²) in [6, 6.07) is 7.22. The Morgan fingerprint density at radius 3 is 2.43 bits per heavy atom. The molecule has 1 aromatic rings. The average Bonchev–Trinajstić information content (AvgIpc) is 2.17. The third-order valence-corrected chi connectivity index (χ3v) is 1.78. The Labute approximate surface area is 83.6 Å². The summed E-state index contributed by atoms with van der Waals surface area (Å²) >= 11 is 0. The van der Waals surface area contributed by atoms with Crippen molar-refractivity contribution in [3.05, 3.63) is 37.0 Å². The van der Waals surface area contributed by atoms with Gasteiger partial charge in [-0.25, -0.2) is 0 Å². The van der Waals surface area contributed by atoms with Crippen LogP contribution in [0.15, 0.2) is 37.0 Å². The number of ether oxygens (including phenoxy) is 1. The minimum absolute atomic E-state index is 0.310. The molecule has 0 atom stereocenters. The molecule has 0 saturated heterocycles. The highest BCUT2D eigenvalue weighted by molar-refractivity contribution is 5.69. The van der Waals surface area contributed by atoms with Crippen LogP contribution in [0.4, 0.5) is 5.69 Å². The van der Waals surface area contributed by atoms with Gasteiger partial charge in [-0.05, 0) is 30.5 Å². The Morgan fingerprint density at radius 2 is 2.00 bits per heavy atom. The molecule has 0 unspecified atom stereocenters. The Kier molecular flexibility index (Phi) is 3.29. The maximum Gasteiger partial charge on any atom is 0.308 e. The molecule has 1 rings (SSSR count). The average molecular weight is 191 g/mol. The highest BCUT2D eigenvalue weighted by Crippen LogP contribution is 2.18. The lowest BCUT2D eigenvalue weighted by Crippen LogP contribution is -2.07. The molecule has 0 fully saturated rings. The summed E-state index contributed by atoms with van der Waals surface area (Å²) in [5, 5.41) is 0. The molecule has 0 heterocycles. The van der Waals surface area contributed by atoms with Crippen molar-refractivity contribution < 1.29 is 9.53 Å². The Morgan fingerprint density at radius 1 is 1.43 bits per heavy atom. The van der Waals surface area contributed by atoms with Crippen LogP contribution >= 0.6 is 0 Å². The van der Waals surface area contributed by atoms with Crippen LogP contribution < -0.4 is 9.64 Å². The lowest BCUT2D eigenvalue weighted by Gasteiger charge is -2.13. The van der Waals surface area contributed by atoms with E-state index in [1.54, 1.807) is 18.3 Å². The second kappa shape index (κ2) is 4.46. The summed E-state index contributed by atoms with van der Waals surface area (Å²) in [6.07, 6.45) is 1.71. The van der Waals surface area contributed by atoms with E-state index in [9.17, 15) is 4.79 Å². The fraction of sp³-hybridized carbons (Fsp3) is 0.182. The first-order chi connectivity index (χ1) is 6.63. The van der Waals surface area contributed by atoms with Crippen molar-refractivity contribution in [1.29, 1.82) is 0 Å². The van der Waals surface area contributed by atoms with Crippen LogP contribution in [0.5, 0.6) is 5.75 Å². The van der Waals surface area contributed by atoms with Crippen LogP contribution in [-0.2, 0) is 4.79 Å². The van der Waals surface area contributed by atoms with E-state index in [1.165, 1.54) is 6.92 Å². The molecule has 3 nitrogen and oxygen atoms in total. The lowest BCUT2D eigenvalue weighted by molar-refractivity contribution is -0.131. The molecule has 0 aromatic heterocycles. The number of carbonyl (C=O) groups is 1. The first-order valence-electron chi connectivity index (χ1n) is 4.27. The third-order valence-electron chi connectivity index (χ3n) is 1.78. The summed E-state index contributed by atoms with van der Waals surface area (Å²) in [4.78, 5) is 12.5. The van der Waals surface area contributed by atoms with Gasteiger partial charge in [0.2, 0.25) is 0 Å². The van der Waals surface area contributed by atoms with E-state index in [-0.39, 0.29) is 5.97 Å². The second-order valence-corrected chi connectivity index (χ2v) is 2.88. The molecule has 0 saturated carbocycles. The number of benzene rings is 1. The minimum Gasteiger partial charge on any atom is -0.427 e. The fourth-order valence-corrected chi connectivity index (χ4v) is 1.02. The van der Waals surface area contributed by atoms with Gasteiger partial charge in [-0.15, -0.1) is 0 Å². The van der Waals surface area contributed by atoms with Crippen molar-refractivity contribution >= 4 is 11.7 Å². The maximum absolute atomic E-state index is 10.6. The highest BCUT2D eigenvalue weighted by Gasteiger charge is 1.99. The minimum atomic E-state index is -0.310. The summed E-state index contributed by atoms with van der Waals surface area (Å²) in [5.41, 5.74) is 0.996. The van der Waals surface area contributed by atoms with E-state index >= 15 is 0 Å². The Hall–Kier alpha value is -1.77. The monoisotopic (exact) mass is 191 g/mol. The number of nitrogens with zero attached hydrogens (tertiary/aromatic N) is 1. The van der Waals surface area contributed by atoms with Crippen molar-refractivity contribution in [1.82, 2.24) is 0 Å². The largest absolute Gasteiger partial charge is 0.427 e. The first kappa shape index (κ1) is 10.3. The van der Waals surface area contributed by atoms with Crippen molar-refractivity contribution in [3.8, 4) is 5.75 Å². The van der Waals surface area contributed by atoms with E-state index in [2.05, 4.69) is 6.58 Å². The second-order valence-electron chi connectivity index (χ2n) is 2.88. The smallest absolute Gasteiger partial charge is 0.308 e. The predicted molar refractivity (Wildman–Crippen MR) is 56.4 cm³/mol.